The zero-order valence-electron chi connectivity index (χ0n) is 77.0. The molecule has 13 N–H and O–H groups in total. The number of ether oxygens (including phenoxy) is 3. The normalized spacial score (nSPS) is 13.0. The number of aryl methyl sites for hydroxylation is 4. The maximum absolute atomic E-state index is 13.4. The van der Waals surface area contributed by atoms with Gasteiger partial charge in [0, 0.05) is 95.4 Å². The molecule has 3 radical (unpaired) electrons. The first kappa shape index (κ1) is 106. The molecule has 31 heteroatoms. The fraction of sp³-hybridized carbons (Fsp3) is 0.340. The Morgan fingerprint density at radius 3 is 1.07 bits per heavy atom. The first-order chi connectivity index (χ1) is 61.2. The number of rotatable bonds is 30. The van der Waals surface area contributed by atoms with Crippen LogP contribution in [0.3, 0.4) is 0 Å². The average molecular weight is 1800 g/mol. The number of amides is 3. The number of carbonyl (C=O) groups excluding carboxylic acids is 5. The molecule has 0 bridgehead atoms. The number of hydrogen-bond acceptors (Lipinski definition) is 21. The third kappa shape index (κ3) is 34.1. The van der Waals surface area contributed by atoms with Gasteiger partial charge in [0.15, 0.2) is 5.69 Å². The van der Waals surface area contributed by atoms with E-state index in [0.29, 0.717) is 53.8 Å². The molecule has 0 spiro atoms. The van der Waals surface area contributed by atoms with Crippen molar-refractivity contribution in [3.63, 3.8) is 0 Å². The molecule has 28 nitrogen and oxygen atoms in total. The maximum atomic E-state index is 13.4. The van der Waals surface area contributed by atoms with Crippen molar-refractivity contribution in [1.82, 2.24) is 65.6 Å². The number of hydrogen-bond donors (Lipinski definition) is 10. The Morgan fingerprint density at radius 1 is 0.450 bits per heavy atom. The zero-order chi connectivity index (χ0) is 90.4. The summed E-state index contributed by atoms with van der Waals surface area (Å²) in [6.07, 6.45) is 17.4. The fourth-order valence-electron chi connectivity index (χ4n) is 13.7. The molecule has 3 aliphatic rings. The van der Waals surface area contributed by atoms with Crippen LogP contribution in [0.4, 0.5) is 32.3 Å². The molecule has 6 aromatic carbocycles. The first-order valence-corrected chi connectivity index (χ1v) is 43.2. The van der Waals surface area contributed by atoms with Crippen LogP contribution in [0.2, 0.25) is 0 Å². The van der Waals surface area contributed by atoms with Crippen molar-refractivity contribution in [2.24, 2.45) is 35.0 Å². The molecular formula is C100H124BClN20NaO8. The molecule has 3 saturated carbocycles. The van der Waals surface area contributed by atoms with Gasteiger partial charge in [-0.2, -0.15) is 15.3 Å². The van der Waals surface area contributed by atoms with Gasteiger partial charge >= 0.3 is 41.9 Å². The number of carbonyl (C=O) groups is 5. The van der Waals surface area contributed by atoms with Gasteiger partial charge < -0.3 is 70.1 Å². The van der Waals surface area contributed by atoms with Crippen LogP contribution in [0.5, 0.6) is 0 Å². The monoisotopic (exact) mass is 1800 g/mol. The molecule has 0 saturated heterocycles. The van der Waals surface area contributed by atoms with Crippen LogP contribution in [0.25, 0.3) is 21.9 Å². The predicted molar refractivity (Wildman–Crippen MR) is 517 cm³/mol. The van der Waals surface area contributed by atoms with E-state index >= 15 is 0 Å². The van der Waals surface area contributed by atoms with Gasteiger partial charge in [0.25, 0.3) is 17.7 Å². The third-order valence-corrected chi connectivity index (χ3v) is 20.4. The summed E-state index contributed by atoms with van der Waals surface area (Å²) in [7, 11) is 0. The van der Waals surface area contributed by atoms with Crippen LogP contribution in [-0.4, -0.2) is 140 Å². The minimum absolute atomic E-state index is 0. The molecule has 3 aliphatic carbocycles. The minimum Gasteiger partial charge on any atom is -1.00 e. The van der Waals surface area contributed by atoms with Crippen LogP contribution in [-0.2, 0) is 27.2 Å². The maximum Gasteiger partial charge on any atom is 1.00 e. The second kappa shape index (κ2) is 52.2. The fourth-order valence-corrected chi connectivity index (χ4v) is 13.7. The third-order valence-electron chi connectivity index (χ3n) is 20.4. The van der Waals surface area contributed by atoms with Gasteiger partial charge in [-0.15, -0.1) is 12.4 Å². The Labute approximate surface area is 801 Å². The molecule has 12 aromatic rings. The average Bonchev–Trinajstić information content (AvgIpc) is 1.66. The quantitative estimate of drug-likeness (QED) is 0.00657. The SMILES string of the molecule is C.CC(C)(C)OC(=O)OC(=O)OC(C)(C)C.CCc1cccc(-n2nc(C)cc2C(=O)Nc2cccc(C(NCC3CC3)c3ccncc3)c2)c1.Cc1cc(C(=O)Nc2cccc(C(NCC3CC3)c3ccncc3)c2)n(-c2cccc(CN)c2)n1.Cl.NCCNCCN.[B].[C-]#[N+]c1cccc(-n2nc(C)cc2C(=O)Nc2cccc(C(NCC3CC3)c3ccncc3)c2)c1.[H-].[Na+]. The summed E-state index contributed by atoms with van der Waals surface area (Å²) in [6, 6.07) is 64.7. The van der Waals surface area contributed by atoms with Crippen molar-refractivity contribution >= 4 is 73.6 Å². The molecule has 131 heavy (non-hydrogen) atoms. The summed E-state index contributed by atoms with van der Waals surface area (Å²) in [6.45, 7) is 31.5. The zero-order valence-corrected chi connectivity index (χ0v) is 78.9. The summed E-state index contributed by atoms with van der Waals surface area (Å²) in [4.78, 5) is 78.0. The summed E-state index contributed by atoms with van der Waals surface area (Å²) in [5.41, 5.74) is 32.4. The van der Waals surface area contributed by atoms with Crippen molar-refractivity contribution in [2.75, 3.05) is 61.8 Å². The van der Waals surface area contributed by atoms with Crippen molar-refractivity contribution in [3.05, 3.63) is 327 Å². The molecule has 6 aromatic heterocycles. The molecule has 3 amide bonds. The van der Waals surface area contributed by atoms with Crippen LogP contribution in [0, 0.1) is 45.1 Å². The predicted octanol–water partition coefficient (Wildman–Crippen LogP) is 14.5. The van der Waals surface area contributed by atoms with Crippen molar-refractivity contribution < 1.29 is 69.2 Å². The van der Waals surface area contributed by atoms with Gasteiger partial charge in [0.05, 0.1) is 58.8 Å². The van der Waals surface area contributed by atoms with Crippen LogP contribution < -0.4 is 84.0 Å². The largest absolute Gasteiger partial charge is 1.00 e. The number of nitrogens with two attached hydrogens (primary N) is 3. The second-order valence-electron chi connectivity index (χ2n) is 33.6. The van der Waals surface area contributed by atoms with Gasteiger partial charge in [-0.05, 0) is 317 Å². The minimum atomic E-state index is -1.06. The Balaban J connectivity index is 0.000000269. The first-order valence-electron chi connectivity index (χ1n) is 43.2. The van der Waals surface area contributed by atoms with E-state index in [4.69, 9.17) is 33.2 Å². The molecule has 6 heterocycles. The van der Waals surface area contributed by atoms with E-state index in [1.165, 1.54) is 44.1 Å². The number of benzene rings is 6. The van der Waals surface area contributed by atoms with E-state index in [-0.39, 0.29) is 95.1 Å². The van der Waals surface area contributed by atoms with Crippen LogP contribution >= 0.6 is 12.4 Å². The smallest absolute Gasteiger partial charge is 1.00 e. The van der Waals surface area contributed by atoms with E-state index in [9.17, 15) is 24.0 Å². The molecule has 3 atom stereocenters. The van der Waals surface area contributed by atoms with Gasteiger partial charge in [-0.3, -0.25) is 29.3 Å². The number of nitrogens with zero attached hydrogens (tertiary/aromatic N) is 10. The summed E-state index contributed by atoms with van der Waals surface area (Å²) >= 11 is 0. The van der Waals surface area contributed by atoms with E-state index in [2.05, 4.69) is 114 Å². The topological polar surface area (TPSA) is 372 Å². The number of anilines is 3. The van der Waals surface area contributed by atoms with E-state index in [1.54, 1.807) is 98.3 Å². The number of nitrogens with one attached hydrogen (secondary N) is 7. The summed E-state index contributed by atoms with van der Waals surface area (Å²) in [5, 5.41) is 37.0. The Bertz CT molecular complexity index is 5430. The number of halogens is 1. The molecule has 3 fully saturated rings. The second-order valence-corrected chi connectivity index (χ2v) is 33.6. The molecule has 0 aliphatic heterocycles. The van der Waals surface area contributed by atoms with E-state index < -0.39 is 23.5 Å². The van der Waals surface area contributed by atoms with Gasteiger partial charge in [0.2, 0.25) is 0 Å². The molecule has 15 rings (SSSR count). The molecule has 683 valence electrons. The number of aromatic nitrogens is 9. The van der Waals surface area contributed by atoms with Crippen LogP contribution in [0.15, 0.2) is 237 Å². The van der Waals surface area contributed by atoms with E-state index in [1.807, 2.05) is 185 Å². The standard InChI is InChI=1S/C29H31N5O.C28H26N6O.C28H30N6O.C10H18O5.C4H13N3.CH4.B.ClH.Na.H/c1-3-21-6-4-9-26(17-21)34-27(16-20(2)33-34)29(35)32-25-8-5-7-24(18-25)28(31-19-22-10-11-22)23-12-14-30-15-13-23;1-19-15-26(34(33-19)25-8-4-6-23(17-25)29-2)28(35)32-24-7-3-5-22(16-24)27(31-18-20-9-10-20)21-11-13-30-14-12-21;1-19-14-26(34(33-19)25-7-2-4-21(15-25)17-29)28(35)32-24-6-3-5-23(16-24)27(31-18-20-8-9-20)22-10-12-30-13-11-22;1-9(2,3)14-7(11)13-8(12)15-10(4,5)6;5-1-3-7-4-2-6;;;;;/h4-9,12-18,22,28,31H,3,10-11,19H2,1-2H3,(H,32,35);3-8,11-17,20,27,31H,9-10,18H2,1H3,(H,32,35);2-7,10-16,20,27,31H,8-9,17-18,29H2,1H3,(H,32,35);1-6H3;7H,1-6H2;1H4;;1H;;/q;;;;;;;;+1;-1. The Kier molecular flexibility index (Phi) is 42.3. The van der Waals surface area contributed by atoms with Crippen molar-refractivity contribution in [1.29, 1.82) is 0 Å². The van der Waals surface area contributed by atoms with Gasteiger partial charge in [-0.25, -0.2) is 28.5 Å². The van der Waals surface area contributed by atoms with Gasteiger partial charge in [-0.1, -0.05) is 87.1 Å². The number of pyridine rings is 3. The van der Waals surface area contributed by atoms with E-state index in [0.717, 1.165) is 136 Å². The molecular weight excluding hydrogens is 1680 g/mol. The van der Waals surface area contributed by atoms with Crippen molar-refractivity contribution in [3.8, 4) is 17.1 Å². The Hall–Kier alpha value is -11.9. The van der Waals surface area contributed by atoms with Crippen LogP contribution in [0.1, 0.15) is 207 Å². The Morgan fingerprint density at radius 2 is 0.763 bits per heavy atom. The van der Waals surface area contributed by atoms with Gasteiger partial charge in [0.1, 0.15) is 28.3 Å². The summed E-state index contributed by atoms with van der Waals surface area (Å²) < 4.78 is 18.8. The van der Waals surface area contributed by atoms with Crippen molar-refractivity contribution in [2.45, 2.75) is 157 Å². The molecule has 3 unspecified atom stereocenters. The summed E-state index contributed by atoms with van der Waals surface area (Å²) in [5.74, 6) is 1.60.